The van der Waals surface area contributed by atoms with Crippen LogP contribution < -0.4 is 25.4 Å². The first-order valence-corrected chi connectivity index (χ1v) is 14.3. The van der Waals surface area contributed by atoms with Crippen LogP contribution in [0.5, 0.6) is 23.0 Å². The number of fused-ring (bicyclic) bond motifs is 3. The molecule has 1 aliphatic heterocycles. The van der Waals surface area contributed by atoms with E-state index in [1.54, 1.807) is 0 Å². The molecule has 1 aliphatic rings. The highest BCUT2D eigenvalue weighted by Gasteiger charge is 2.31. The van der Waals surface area contributed by atoms with Crippen LogP contribution in [0.1, 0.15) is 0 Å². The van der Waals surface area contributed by atoms with Crippen molar-refractivity contribution in [2.24, 2.45) is 0 Å². The zero-order valence-electron chi connectivity index (χ0n) is 20.5. The Bertz CT molecular complexity index is 1800. The first-order valence-electron chi connectivity index (χ1n) is 12.5. The molecule has 0 unspecified atom stereocenters. The maximum Gasteiger partial charge on any atom is 0.171 e. The fourth-order valence-electron chi connectivity index (χ4n) is 5.21. The second-order valence-corrected chi connectivity index (χ2v) is 12.0. The molecule has 0 radical (unpaired) electrons. The average Bonchev–Trinajstić information content (AvgIpc) is 2.99. The van der Waals surface area contributed by atoms with Crippen LogP contribution in [-0.2, 0) is 4.57 Å². The number of benzene rings is 6. The van der Waals surface area contributed by atoms with E-state index < -0.39 is 7.14 Å². The molecule has 7 rings (SSSR count). The molecular formula is C34H23O3P. The van der Waals surface area contributed by atoms with E-state index in [9.17, 15) is 0 Å². The lowest BCUT2D eigenvalue weighted by atomic mass is 9.98. The number of hydrogen-bond acceptors (Lipinski definition) is 3. The van der Waals surface area contributed by atoms with E-state index in [0.717, 1.165) is 37.8 Å². The highest BCUT2D eigenvalue weighted by molar-refractivity contribution is 7.85. The summed E-state index contributed by atoms with van der Waals surface area (Å²) in [5.41, 5.74) is 2.05. The summed E-state index contributed by atoms with van der Waals surface area (Å²) in [7, 11) is -3.13. The standard InChI is InChI=1S/C34H23O3P/c35-38(25-11-3-1-4-12-25,26-13-5-2-6-14-26)34-22-20-27(28-15-7-8-16-29(28)34)24-19-21-32-33(23-24)37-31-18-10-9-17-30(31)36-32/h1-23H. The van der Waals surface area contributed by atoms with Crippen molar-refractivity contribution in [3.63, 3.8) is 0 Å². The normalized spacial score (nSPS) is 12.2. The first-order chi connectivity index (χ1) is 18.7. The van der Waals surface area contributed by atoms with E-state index >= 15 is 4.57 Å². The molecule has 0 spiro atoms. The minimum atomic E-state index is -3.13. The zero-order valence-corrected chi connectivity index (χ0v) is 21.3. The molecule has 0 N–H and O–H groups in total. The van der Waals surface area contributed by atoms with Crippen LogP contribution in [0.4, 0.5) is 0 Å². The molecule has 182 valence electrons. The molecule has 0 amide bonds. The van der Waals surface area contributed by atoms with Crippen molar-refractivity contribution in [2.45, 2.75) is 0 Å². The third-order valence-electron chi connectivity index (χ3n) is 7.02. The molecule has 0 aromatic heterocycles. The van der Waals surface area contributed by atoms with Crippen LogP contribution in [0.25, 0.3) is 21.9 Å². The van der Waals surface area contributed by atoms with Gasteiger partial charge >= 0.3 is 0 Å². The molecule has 0 saturated carbocycles. The SMILES string of the molecule is O=P(c1ccccc1)(c1ccccc1)c1ccc(-c2ccc3c(c2)Oc2ccccc2O3)c2ccccc12. The van der Waals surface area contributed by atoms with Gasteiger partial charge in [0.1, 0.15) is 0 Å². The highest BCUT2D eigenvalue weighted by Crippen LogP contribution is 2.48. The van der Waals surface area contributed by atoms with Crippen LogP contribution in [-0.4, -0.2) is 0 Å². The minimum Gasteiger partial charge on any atom is -0.450 e. The van der Waals surface area contributed by atoms with Crippen LogP contribution >= 0.6 is 7.14 Å². The Labute approximate surface area is 221 Å². The van der Waals surface area contributed by atoms with Gasteiger partial charge in [-0.15, -0.1) is 0 Å². The summed E-state index contributed by atoms with van der Waals surface area (Å²) in [4.78, 5) is 0. The van der Waals surface area contributed by atoms with Gasteiger partial charge in [-0.1, -0.05) is 109 Å². The summed E-state index contributed by atoms with van der Waals surface area (Å²) in [6.07, 6.45) is 0. The van der Waals surface area contributed by atoms with Crippen molar-refractivity contribution in [1.82, 2.24) is 0 Å². The van der Waals surface area contributed by atoms with Crippen molar-refractivity contribution in [3.8, 4) is 34.1 Å². The molecule has 6 aromatic rings. The molecule has 3 nitrogen and oxygen atoms in total. The molecule has 0 bridgehead atoms. The number of hydrogen-bond donors (Lipinski definition) is 0. The average molecular weight is 511 g/mol. The van der Waals surface area contributed by atoms with Gasteiger partial charge in [0.05, 0.1) is 0 Å². The second kappa shape index (κ2) is 9.06. The van der Waals surface area contributed by atoms with E-state index in [-0.39, 0.29) is 0 Å². The van der Waals surface area contributed by atoms with Crippen LogP contribution in [0.2, 0.25) is 0 Å². The lowest BCUT2D eigenvalue weighted by Crippen LogP contribution is -2.25. The quantitative estimate of drug-likeness (QED) is 0.225. The van der Waals surface area contributed by atoms with Crippen molar-refractivity contribution in [3.05, 3.63) is 140 Å². The van der Waals surface area contributed by atoms with Gasteiger partial charge in [-0.05, 0) is 52.2 Å². The predicted molar refractivity (Wildman–Crippen MR) is 155 cm³/mol. The maximum atomic E-state index is 15.2. The molecular weight excluding hydrogens is 487 g/mol. The molecule has 6 aromatic carbocycles. The van der Waals surface area contributed by atoms with Crippen molar-refractivity contribution in [2.75, 3.05) is 0 Å². The van der Waals surface area contributed by atoms with E-state index in [1.165, 1.54) is 0 Å². The summed E-state index contributed by atoms with van der Waals surface area (Å²) < 4.78 is 27.4. The van der Waals surface area contributed by atoms with Crippen LogP contribution in [0.15, 0.2) is 140 Å². The largest absolute Gasteiger partial charge is 0.450 e. The van der Waals surface area contributed by atoms with Gasteiger partial charge in [0.15, 0.2) is 30.1 Å². The predicted octanol–water partition coefficient (Wildman–Crippen LogP) is 8.04. The molecule has 0 atom stereocenters. The van der Waals surface area contributed by atoms with E-state index in [0.29, 0.717) is 23.0 Å². The summed E-state index contributed by atoms with van der Waals surface area (Å²) >= 11 is 0. The van der Waals surface area contributed by atoms with Crippen LogP contribution in [0.3, 0.4) is 0 Å². The fourth-order valence-corrected chi connectivity index (χ4v) is 8.07. The van der Waals surface area contributed by atoms with Gasteiger partial charge < -0.3 is 14.0 Å². The smallest absolute Gasteiger partial charge is 0.171 e. The van der Waals surface area contributed by atoms with Gasteiger partial charge in [0.2, 0.25) is 0 Å². The Balaban J connectivity index is 1.41. The molecule has 0 saturated heterocycles. The van der Waals surface area contributed by atoms with Crippen LogP contribution in [0, 0.1) is 0 Å². The summed E-state index contributed by atoms with van der Waals surface area (Å²) in [5.74, 6) is 2.77. The van der Waals surface area contributed by atoms with Crippen molar-refractivity contribution in [1.29, 1.82) is 0 Å². The minimum absolute atomic E-state index is 0.675. The molecule has 0 fully saturated rings. The Morgan fingerprint density at radius 3 is 1.63 bits per heavy atom. The number of ether oxygens (including phenoxy) is 2. The number of rotatable bonds is 4. The lowest BCUT2D eigenvalue weighted by Gasteiger charge is -2.23. The summed E-state index contributed by atoms with van der Waals surface area (Å²) in [6.45, 7) is 0. The first kappa shape index (κ1) is 22.6. The van der Waals surface area contributed by atoms with E-state index in [2.05, 4.69) is 18.2 Å². The van der Waals surface area contributed by atoms with E-state index in [1.807, 2.05) is 121 Å². The summed E-state index contributed by atoms with van der Waals surface area (Å²) in [6, 6.07) is 45.6. The highest BCUT2D eigenvalue weighted by atomic mass is 31.2. The van der Waals surface area contributed by atoms with Gasteiger partial charge in [0, 0.05) is 15.9 Å². The van der Waals surface area contributed by atoms with E-state index in [4.69, 9.17) is 9.47 Å². The van der Waals surface area contributed by atoms with Gasteiger partial charge in [-0.2, -0.15) is 0 Å². The molecule has 38 heavy (non-hydrogen) atoms. The Morgan fingerprint density at radius 2 is 0.974 bits per heavy atom. The molecule has 0 aliphatic carbocycles. The molecule has 4 heteroatoms. The van der Waals surface area contributed by atoms with Gasteiger partial charge in [-0.3, -0.25) is 0 Å². The topological polar surface area (TPSA) is 35.5 Å². The Morgan fingerprint density at radius 1 is 0.447 bits per heavy atom. The third kappa shape index (κ3) is 3.63. The number of para-hydroxylation sites is 2. The lowest BCUT2D eigenvalue weighted by molar-refractivity contribution is 0.360. The Hall–Kier alpha value is -4.59. The van der Waals surface area contributed by atoms with Gasteiger partial charge in [-0.25, -0.2) is 0 Å². The monoisotopic (exact) mass is 510 g/mol. The fraction of sp³-hybridized carbons (Fsp3) is 0. The van der Waals surface area contributed by atoms with Crippen molar-refractivity contribution >= 4 is 33.8 Å². The molecule has 1 heterocycles. The third-order valence-corrected chi connectivity index (χ3v) is 10.1. The summed E-state index contributed by atoms with van der Waals surface area (Å²) in [5, 5.41) is 4.49. The Kier molecular flexibility index (Phi) is 5.39. The van der Waals surface area contributed by atoms with Gasteiger partial charge in [0.25, 0.3) is 0 Å². The van der Waals surface area contributed by atoms with Crippen molar-refractivity contribution < 1.29 is 14.0 Å². The second-order valence-electron chi connectivity index (χ2n) is 9.27. The maximum absolute atomic E-state index is 15.2. The zero-order chi connectivity index (χ0) is 25.5.